The lowest BCUT2D eigenvalue weighted by molar-refractivity contribution is -0.00703. The van der Waals surface area contributed by atoms with Crippen LogP contribution in [0, 0.1) is 5.41 Å². The van der Waals surface area contributed by atoms with E-state index in [0.29, 0.717) is 0 Å². The Morgan fingerprint density at radius 1 is 1.43 bits per heavy atom. The molecule has 0 bridgehead atoms. The van der Waals surface area contributed by atoms with Gasteiger partial charge in [-0.05, 0) is 42.9 Å². The van der Waals surface area contributed by atoms with Crippen LogP contribution in [0.15, 0.2) is 24.5 Å². The Morgan fingerprint density at radius 3 is 2.50 bits per heavy atom. The fraction of sp³-hybridized carbons (Fsp3) is 0.583. The van der Waals surface area contributed by atoms with E-state index in [1.807, 2.05) is 19.1 Å². The van der Waals surface area contributed by atoms with Crippen LogP contribution in [0.1, 0.15) is 32.3 Å². The van der Waals surface area contributed by atoms with E-state index in [4.69, 9.17) is 0 Å². The molecule has 76 valence electrons. The van der Waals surface area contributed by atoms with Gasteiger partial charge in [0, 0.05) is 18.8 Å². The second-order valence-corrected chi connectivity index (χ2v) is 4.87. The first-order valence-corrected chi connectivity index (χ1v) is 5.15. The number of pyridine rings is 1. The molecule has 0 spiro atoms. The number of hydrogen-bond acceptors (Lipinski definition) is 2. The Bertz CT molecular complexity index is 314. The van der Waals surface area contributed by atoms with Gasteiger partial charge in [-0.3, -0.25) is 4.98 Å². The molecular weight excluding hydrogens is 174 g/mol. The van der Waals surface area contributed by atoms with Gasteiger partial charge in [-0.15, -0.1) is 0 Å². The zero-order chi connectivity index (χ0) is 10.2. The van der Waals surface area contributed by atoms with Crippen molar-refractivity contribution in [2.45, 2.75) is 38.7 Å². The third-order valence-electron chi connectivity index (χ3n) is 3.60. The van der Waals surface area contributed by atoms with Crippen molar-refractivity contribution in [1.29, 1.82) is 0 Å². The molecule has 1 saturated carbocycles. The highest BCUT2D eigenvalue weighted by atomic mass is 16.3. The molecule has 1 N–H and O–H groups in total. The van der Waals surface area contributed by atoms with E-state index in [9.17, 15) is 5.11 Å². The summed E-state index contributed by atoms with van der Waals surface area (Å²) in [5.74, 6) is 0. The van der Waals surface area contributed by atoms with Gasteiger partial charge in [-0.25, -0.2) is 0 Å². The van der Waals surface area contributed by atoms with E-state index in [2.05, 4.69) is 11.9 Å². The molecule has 1 aliphatic carbocycles. The normalized spacial score (nSPS) is 22.8. The van der Waals surface area contributed by atoms with Crippen LogP contribution in [0.5, 0.6) is 0 Å². The predicted molar refractivity (Wildman–Crippen MR) is 55.9 cm³/mol. The number of nitrogens with zero attached hydrogens (tertiary/aromatic N) is 1. The van der Waals surface area contributed by atoms with Crippen LogP contribution in [-0.4, -0.2) is 15.7 Å². The summed E-state index contributed by atoms with van der Waals surface area (Å²) in [6, 6.07) is 3.94. The van der Waals surface area contributed by atoms with Crippen molar-refractivity contribution in [2.75, 3.05) is 0 Å². The molecule has 0 radical (unpaired) electrons. The zero-order valence-corrected chi connectivity index (χ0v) is 8.83. The number of aliphatic hydroxyl groups is 1. The Kier molecular flexibility index (Phi) is 2.11. The molecule has 14 heavy (non-hydrogen) atoms. The third-order valence-corrected chi connectivity index (χ3v) is 3.60. The van der Waals surface area contributed by atoms with E-state index in [1.165, 1.54) is 0 Å². The lowest BCUT2D eigenvalue weighted by Crippen LogP contribution is -2.36. The van der Waals surface area contributed by atoms with E-state index in [0.717, 1.165) is 24.8 Å². The first kappa shape index (κ1) is 9.66. The maximum absolute atomic E-state index is 10.3. The van der Waals surface area contributed by atoms with Crippen molar-refractivity contribution in [3.05, 3.63) is 30.1 Å². The van der Waals surface area contributed by atoms with E-state index < -0.39 is 5.60 Å². The van der Waals surface area contributed by atoms with Gasteiger partial charge in [0.2, 0.25) is 0 Å². The standard InChI is InChI=1S/C12H17NO/c1-11(5-6-11)12(2,14)9-10-3-7-13-8-4-10/h3-4,7-8,14H,5-6,9H2,1-2H3/t12-/m0/s1. The van der Waals surface area contributed by atoms with Gasteiger partial charge < -0.3 is 5.11 Å². The minimum Gasteiger partial charge on any atom is -0.389 e. The van der Waals surface area contributed by atoms with Crippen LogP contribution >= 0.6 is 0 Å². The summed E-state index contributed by atoms with van der Waals surface area (Å²) in [4.78, 5) is 3.97. The minimum atomic E-state index is -0.575. The molecule has 0 saturated heterocycles. The summed E-state index contributed by atoms with van der Waals surface area (Å²) in [6.07, 6.45) is 6.57. The summed E-state index contributed by atoms with van der Waals surface area (Å²) < 4.78 is 0. The predicted octanol–water partition coefficient (Wildman–Crippen LogP) is 2.18. The Morgan fingerprint density at radius 2 is 2.00 bits per heavy atom. The van der Waals surface area contributed by atoms with Crippen LogP contribution in [0.3, 0.4) is 0 Å². The number of aromatic nitrogens is 1. The maximum atomic E-state index is 10.3. The molecule has 2 nitrogen and oxygen atoms in total. The van der Waals surface area contributed by atoms with Gasteiger partial charge in [0.25, 0.3) is 0 Å². The second kappa shape index (κ2) is 3.06. The molecule has 0 aromatic carbocycles. The van der Waals surface area contributed by atoms with Crippen molar-refractivity contribution < 1.29 is 5.11 Å². The first-order chi connectivity index (χ1) is 6.54. The smallest absolute Gasteiger partial charge is 0.0713 e. The highest BCUT2D eigenvalue weighted by molar-refractivity contribution is 5.16. The van der Waals surface area contributed by atoms with E-state index in [1.54, 1.807) is 12.4 Å². The summed E-state index contributed by atoms with van der Waals surface area (Å²) in [6.45, 7) is 4.11. The van der Waals surface area contributed by atoms with E-state index >= 15 is 0 Å². The number of hydrogen-bond donors (Lipinski definition) is 1. The van der Waals surface area contributed by atoms with Crippen LogP contribution in [0.4, 0.5) is 0 Å². The van der Waals surface area contributed by atoms with Gasteiger partial charge in [-0.2, -0.15) is 0 Å². The summed E-state index contributed by atoms with van der Waals surface area (Å²) in [5.41, 5.74) is 0.725. The molecule has 0 amide bonds. The first-order valence-electron chi connectivity index (χ1n) is 5.15. The van der Waals surface area contributed by atoms with Crippen LogP contribution in [0.25, 0.3) is 0 Å². The van der Waals surface area contributed by atoms with Gasteiger partial charge in [0.15, 0.2) is 0 Å². The lowest BCUT2D eigenvalue weighted by Gasteiger charge is -2.30. The highest BCUT2D eigenvalue weighted by Crippen LogP contribution is 2.54. The molecule has 2 rings (SSSR count). The molecule has 1 heterocycles. The monoisotopic (exact) mass is 191 g/mol. The van der Waals surface area contributed by atoms with Gasteiger partial charge in [0.05, 0.1) is 5.60 Å². The van der Waals surface area contributed by atoms with Gasteiger partial charge >= 0.3 is 0 Å². The Hall–Kier alpha value is -0.890. The van der Waals surface area contributed by atoms with Gasteiger partial charge in [0.1, 0.15) is 0 Å². The number of rotatable bonds is 3. The van der Waals surface area contributed by atoms with Crippen molar-refractivity contribution in [3.8, 4) is 0 Å². The maximum Gasteiger partial charge on any atom is 0.0713 e. The lowest BCUT2D eigenvalue weighted by atomic mass is 9.82. The Labute approximate surface area is 85.0 Å². The average Bonchev–Trinajstić information content (AvgIpc) is 2.86. The zero-order valence-electron chi connectivity index (χ0n) is 8.83. The molecule has 1 aromatic heterocycles. The van der Waals surface area contributed by atoms with Crippen LogP contribution in [0.2, 0.25) is 0 Å². The van der Waals surface area contributed by atoms with E-state index in [-0.39, 0.29) is 5.41 Å². The second-order valence-electron chi connectivity index (χ2n) is 4.87. The van der Waals surface area contributed by atoms with Crippen molar-refractivity contribution in [2.24, 2.45) is 5.41 Å². The van der Waals surface area contributed by atoms with Crippen LogP contribution in [-0.2, 0) is 6.42 Å². The summed E-state index contributed by atoms with van der Waals surface area (Å²) in [5, 5.41) is 10.3. The molecule has 2 heteroatoms. The molecule has 1 atom stereocenters. The summed E-state index contributed by atoms with van der Waals surface area (Å²) in [7, 11) is 0. The SMILES string of the molecule is CC1([C@@](C)(O)Cc2ccncc2)CC1. The average molecular weight is 191 g/mol. The fourth-order valence-electron chi connectivity index (χ4n) is 1.84. The summed E-state index contributed by atoms with van der Waals surface area (Å²) >= 11 is 0. The quantitative estimate of drug-likeness (QED) is 0.794. The molecule has 1 aromatic rings. The highest BCUT2D eigenvalue weighted by Gasteiger charge is 2.51. The fourth-order valence-corrected chi connectivity index (χ4v) is 1.84. The molecular formula is C12H17NO. The Balaban J connectivity index is 2.11. The molecule has 0 unspecified atom stereocenters. The largest absolute Gasteiger partial charge is 0.389 e. The topological polar surface area (TPSA) is 33.1 Å². The van der Waals surface area contributed by atoms with Gasteiger partial charge in [-0.1, -0.05) is 6.92 Å². The minimum absolute atomic E-state index is 0.135. The van der Waals surface area contributed by atoms with Crippen molar-refractivity contribution >= 4 is 0 Å². The molecule has 0 aliphatic heterocycles. The molecule has 1 aliphatic rings. The van der Waals surface area contributed by atoms with Crippen molar-refractivity contribution in [3.63, 3.8) is 0 Å². The molecule has 1 fully saturated rings. The third kappa shape index (κ3) is 1.67. The van der Waals surface area contributed by atoms with Crippen molar-refractivity contribution in [1.82, 2.24) is 4.98 Å². The van der Waals surface area contributed by atoms with Crippen LogP contribution < -0.4 is 0 Å².